The van der Waals surface area contributed by atoms with Crippen molar-refractivity contribution in [2.45, 2.75) is 19.6 Å². The molecule has 7 heteroatoms. The predicted molar refractivity (Wildman–Crippen MR) is 124 cm³/mol. The number of esters is 1. The van der Waals surface area contributed by atoms with E-state index in [2.05, 4.69) is 22.0 Å². The fourth-order valence-electron chi connectivity index (χ4n) is 3.73. The molecule has 0 radical (unpaired) electrons. The molecule has 3 aromatic rings. The Labute approximate surface area is 193 Å². The van der Waals surface area contributed by atoms with Crippen molar-refractivity contribution >= 4 is 11.9 Å². The molecule has 0 aliphatic carbocycles. The molecule has 1 saturated heterocycles. The first kappa shape index (κ1) is 22.5. The first-order chi connectivity index (χ1) is 16.1. The third-order valence-corrected chi connectivity index (χ3v) is 5.51. The maximum atomic E-state index is 12.9. The molecular weight excluding hydrogens is 418 g/mol. The monoisotopic (exact) mass is 445 g/mol. The Hall–Kier alpha value is -3.71. The molecule has 1 amide bonds. The molecule has 2 aromatic carbocycles. The van der Waals surface area contributed by atoms with Crippen molar-refractivity contribution in [2.24, 2.45) is 0 Å². The Morgan fingerprint density at radius 2 is 1.58 bits per heavy atom. The molecule has 0 N–H and O–H groups in total. The number of amides is 1. The van der Waals surface area contributed by atoms with Crippen LogP contribution in [0.5, 0.6) is 11.6 Å². The van der Waals surface area contributed by atoms with Crippen LogP contribution in [0, 0.1) is 0 Å². The molecule has 1 atom stereocenters. The maximum Gasteiger partial charge on any atom is 0.344 e. The van der Waals surface area contributed by atoms with Crippen molar-refractivity contribution in [3.8, 4) is 11.6 Å². The molecule has 1 aliphatic rings. The van der Waals surface area contributed by atoms with E-state index in [0.29, 0.717) is 18.8 Å². The highest BCUT2D eigenvalue weighted by Crippen LogP contribution is 2.23. The fourth-order valence-corrected chi connectivity index (χ4v) is 3.73. The van der Waals surface area contributed by atoms with Crippen LogP contribution in [-0.4, -0.2) is 58.9 Å². The van der Waals surface area contributed by atoms with Gasteiger partial charge in [-0.25, -0.2) is 9.78 Å². The zero-order valence-electron chi connectivity index (χ0n) is 18.6. The first-order valence-electron chi connectivity index (χ1n) is 11.0. The number of hydrogen-bond donors (Lipinski definition) is 0. The van der Waals surface area contributed by atoms with Gasteiger partial charge in [-0.1, -0.05) is 48.5 Å². The van der Waals surface area contributed by atoms with Gasteiger partial charge in [0.05, 0.1) is 0 Å². The Kier molecular flexibility index (Phi) is 7.32. The molecule has 1 aromatic heterocycles. The van der Waals surface area contributed by atoms with E-state index in [1.165, 1.54) is 5.56 Å². The molecular formula is C26H27N3O4. The number of ether oxygens (including phenoxy) is 2. The average Bonchev–Trinajstić information content (AvgIpc) is 2.85. The standard InChI is InChI=1S/C26H27N3O4/c1-20(25(30)29-17-15-28(16-18-29)19-21-9-4-2-5-10-21)32-26(31)23-13-8-14-27-24(23)33-22-11-6-3-7-12-22/h2-14,20H,15-19H2,1H3. The minimum absolute atomic E-state index is 0.142. The van der Waals surface area contributed by atoms with Gasteiger partial charge in [0, 0.05) is 38.9 Å². The fraction of sp³-hybridized carbons (Fsp3) is 0.269. The van der Waals surface area contributed by atoms with Gasteiger partial charge in [0.2, 0.25) is 5.88 Å². The Morgan fingerprint density at radius 1 is 0.909 bits per heavy atom. The summed E-state index contributed by atoms with van der Waals surface area (Å²) in [7, 11) is 0. The third kappa shape index (κ3) is 5.96. The highest BCUT2D eigenvalue weighted by atomic mass is 16.6. The third-order valence-electron chi connectivity index (χ3n) is 5.51. The topological polar surface area (TPSA) is 72.0 Å². The first-order valence-corrected chi connectivity index (χ1v) is 11.0. The van der Waals surface area contributed by atoms with E-state index in [1.807, 2.05) is 36.4 Å². The second-order valence-electron chi connectivity index (χ2n) is 7.91. The summed E-state index contributed by atoms with van der Waals surface area (Å²) in [5, 5.41) is 0. The van der Waals surface area contributed by atoms with E-state index in [0.717, 1.165) is 19.6 Å². The number of para-hydroxylation sites is 1. The molecule has 1 unspecified atom stereocenters. The number of nitrogens with zero attached hydrogens (tertiary/aromatic N) is 3. The molecule has 1 aliphatic heterocycles. The van der Waals surface area contributed by atoms with E-state index in [4.69, 9.17) is 9.47 Å². The summed E-state index contributed by atoms with van der Waals surface area (Å²) in [4.78, 5) is 33.9. The van der Waals surface area contributed by atoms with Gasteiger partial charge >= 0.3 is 5.97 Å². The lowest BCUT2D eigenvalue weighted by Gasteiger charge is -2.35. The molecule has 2 heterocycles. The Morgan fingerprint density at radius 3 is 2.27 bits per heavy atom. The summed E-state index contributed by atoms with van der Waals surface area (Å²) in [5.74, 6) is -0.139. The number of hydrogen-bond acceptors (Lipinski definition) is 6. The van der Waals surface area contributed by atoms with E-state index >= 15 is 0 Å². The zero-order valence-corrected chi connectivity index (χ0v) is 18.6. The van der Waals surface area contributed by atoms with Crippen LogP contribution in [0.15, 0.2) is 79.0 Å². The molecule has 0 spiro atoms. The molecule has 0 bridgehead atoms. The second kappa shape index (κ2) is 10.7. The molecule has 0 saturated carbocycles. The number of pyridine rings is 1. The summed E-state index contributed by atoms with van der Waals surface area (Å²) >= 11 is 0. The predicted octanol–water partition coefficient (Wildman–Crippen LogP) is 3.76. The molecule has 7 nitrogen and oxygen atoms in total. The molecule has 4 rings (SSSR count). The normalized spacial score (nSPS) is 15.0. The van der Waals surface area contributed by atoms with Crippen LogP contribution >= 0.6 is 0 Å². The summed E-state index contributed by atoms with van der Waals surface area (Å²) in [6.45, 7) is 5.22. The lowest BCUT2D eigenvalue weighted by molar-refractivity contribution is -0.141. The van der Waals surface area contributed by atoms with E-state index in [-0.39, 0.29) is 17.4 Å². The number of carbonyl (C=O) groups is 2. The highest BCUT2D eigenvalue weighted by Gasteiger charge is 2.28. The van der Waals surface area contributed by atoms with Gasteiger partial charge < -0.3 is 14.4 Å². The summed E-state index contributed by atoms with van der Waals surface area (Å²) in [5.41, 5.74) is 1.43. The van der Waals surface area contributed by atoms with E-state index in [9.17, 15) is 9.59 Å². The minimum atomic E-state index is -0.900. The van der Waals surface area contributed by atoms with Crippen molar-refractivity contribution in [3.63, 3.8) is 0 Å². The van der Waals surface area contributed by atoms with Gasteiger partial charge in [0.15, 0.2) is 6.10 Å². The second-order valence-corrected chi connectivity index (χ2v) is 7.91. The number of aromatic nitrogens is 1. The summed E-state index contributed by atoms with van der Waals surface area (Å²) < 4.78 is 11.2. The lowest BCUT2D eigenvalue weighted by atomic mass is 10.2. The summed E-state index contributed by atoms with van der Waals surface area (Å²) in [6.07, 6.45) is 0.640. The average molecular weight is 446 g/mol. The minimum Gasteiger partial charge on any atom is -0.449 e. The van der Waals surface area contributed by atoms with Crippen LogP contribution < -0.4 is 4.74 Å². The number of piperazine rings is 1. The van der Waals surface area contributed by atoms with Crippen LogP contribution in [0.3, 0.4) is 0 Å². The van der Waals surface area contributed by atoms with Crippen LogP contribution in [0.25, 0.3) is 0 Å². The Balaban J connectivity index is 1.32. The van der Waals surface area contributed by atoms with Crippen LogP contribution in [0.2, 0.25) is 0 Å². The van der Waals surface area contributed by atoms with Gasteiger partial charge in [0.1, 0.15) is 11.3 Å². The molecule has 1 fully saturated rings. The quantitative estimate of drug-likeness (QED) is 0.516. The summed E-state index contributed by atoms with van der Waals surface area (Å²) in [6, 6.07) is 22.6. The van der Waals surface area contributed by atoms with Gasteiger partial charge in [0.25, 0.3) is 5.91 Å². The van der Waals surface area contributed by atoms with Gasteiger partial charge in [-0.2, -0.15) is 0 Å². The van der Waals surface area contributed by atoms with Crippen LogP contribution in [-0.2, 0) is 16.1 Å². The molecule has 33 heavy (non-hydrogen) atoms. The van der Waals surface area contributed by atoms with Crippen molar-refractivity contribution in [2.75, 3.05) is 26.2 Å². The van der Waals surface area contributed by atoms with E-state index in [1.54, 1.807) is 42.3 Å². The van der Waals surface area contributed by atoms with Crippen molar-refractivity contribution < 1.29 is 19.1 Å². The van der Waals surface area contributed by atoms with Crippen LogP contribution in [0.4, 0.5) is 0 Å². The van der Waals surface area contributed by atoms with Gasteiger partial charge in [-0.15, -0.1) is 0 Å². The zero-order chi connectivity index (χ0) is 23.0. The van der Waals surface area contributed by atoms with Crippen molar-refractivity contribution in [1.82, 2.24) is 14.8 Å². The van der Waals surface area contributed by atoms with Gasteiger partial charge in [-0.3, -0.25) is 9.69 Å². The largest absolute Gasteiger partial charge is 0.449 e. The number of rotatable bonds is 7. The van der Waals surface area contributed by atoms with Crippen molar-refractivity contribution in [1.29, 1.82) is 0 Å². The highest BCUT2D eigenvalue weighted by molar-refractivity contribution is 5.94. The smallest absolute Gasteiger partial charge is 0.344 e. The van der Waals surface area contributed by atoms with Crippen molar-refractivity contribution in [3.05, 3.63) is 90.1 Å². The number of benzene rings is 2. The van der Waals surface area contributed by atoms with E-state index < -0.39 is 12.1 Å². The van der Waals surface area contributed by atoms with Crippen LogP contribution in [0.1, 0.15) is 22.8 Å². The SMILES string of the molecule is CC(OC(=O)c1cccnc1Oc1ccccc1)C(=O)N1CCN(Cc2ccccc2)CC1. The maximum absolute atomic E-state index is 12.9. The molecule has 170 valence electrons. The number of carbonyl (C=O) groups excluding carboxylic acids is 2. The van der Waals surface area contributed by atoms with Gasteiger partial charge in [-0.05, 0) is 36.8 Å². The lowest BCUT2D eigenvalue weighted by Crippen LogP contribution is -2.51. The Bertz CT molecular complexity index is 1070.